The van der Waals surface area contributed by atoms with Crippen molar-refractivity contribution in [2.45, 2.75) is 31.2 Å². The van der Waals surface area contributed by atoms with Crippen molar-refractivity contribution >= 4 is 20.7 Å². The average molecular weight is 577 g/mol. The van der Waals surface area contributed by atoms with E-state index >= 15 is 0 Å². The summed E-state index contributed by atoms with van der Waals surface area (Å²) in [4.78, 5) is 0. The van der Waals surface area contributed by atoms with Gasteiger partial charge in [0.2, 0.25) is 0 Å². The van der Waals surface area contributed by atoms with Crippen molar-refractivity contribution < 1.29 is 19.5 Å². The topological polar surface area (TPSA) is 76.7 Å². The minimum atomic E-state index is -1.72. The van der Waals surface area contributed by atoms with Gasteiger partial charge >= 0.3 is 7.12 Å². The standard InChI is InChI=1S/C34H37BN2O4Si/c1-42(2,3)24-23-40-26-41-31-21-19-27(20-22-31)33-32(35(38)39)25-37(36-33)34(28-13-7-4-8-14-28,29-15-9-5-10-16-29)30-17-11-6-12-18-30/h4-22,25,38-39H,23-24,26H2,1-3H3. The lowest BCUT2D eigenvalue weighted by Crippen LogP contribution is -2.39. The number of hydrogen-bond donors (Lipinski definition) is 2. The number of benzene rings is 4. The summed E-state index contributed by atoms with van der Waals surface area (Å²) in [5.41, 5.74) is 3.64. The highest BCUT2D eigenvalue weighted by Gasteiger charge is 2.40. The number of ether oxygens (including phenoxy) is 2. The minimum absolute atomic E-state index is 0.187. The lowest BCUT2D eigenvalue weighted by Gasteiger charge is -2.36. The van der Waals surface area contributed by atoms with E-state index in [9.17, 15) is 10.0 Å². The fourth-order valence-electron chi connectivity index (χ4n) is 5.16. The van der Waals surface area contributed by atoms with Gasteiger partial charge in [-0.15, -0.1) is 0 Å². The van der Waals surface area contributed by atoms with Gasteiger partial charge in [0, 0.05) is 31.9 Å². The molecule has 42 heavy (non-hydrogen) atoms. The fraction of sp³-hybridized carbons (Fsp3) is 0.206. The summed E-state index contributed by atoms with van der Waals surface area (Å²) < 4.78 is 13.3. The summed E-state index contributed by atoms with van der Waals surface area (Å²) in [6, 6.07) is 39.0. The Kier molecular flexibility index (Phi) is 9.09. The van der Waals surface area contributed by atoms with Crippen LogP contribution in [0.5, 0.6) is 5.75 Å². The second-order valence-electron chi connectivity index (χ2n) is 11.6. The molecule has 2 N–H and O–H groups in total. The zero-order chi connectivity index (χ0) is 29.6. The van der Waals surface area contributed by atoms with Crippen LogP contribution in [0.3, 0.4) is 0 Å². The van der Waals surface area contributed by atoms with E-state index in [-0.39, 0.29) is 6.79 Å². The maximum atomic E-state index is 10.5. The molecule has 0 atom stereocenters. The van der Waals surface area contributed by atoms with Gasteiger partial charge in [-0.25, -0.2) is 0 Å². The van der Waals surface area contributed by atoms with Crippen LogP contribution >= 0.6 is 0 Å². The molecule has 1 aromatic heterocycles. The van der Waals surface area contributed by atoms with Crippen molar-refractivity contribution in [1.82, 2.24) is 9.78 Å². The summed E-state index contributed by atoms with van der Waals surface area (Å²) in [6.07, 6.45) is 1.74. The lowest BCUT2D eigenvalue weighted by molar-refractivity contribution is 0.0220. The Morgan fingerprint density at radius 1 is 0.738 bits per heavy atom. The highest BCUT2D eigenvalue weighted by atomic mass is 28.3. The number of rotatable bonds is 12. The van der Waals surface area contributed by atoms with Crippen LogP contribution in [-0.4, -0.2) is 48.4 Å². The molecule has 0 radical (unpaired) electrons. The Morgan fingerprint density at radius 3 is 1.69 bits per heavy atom. The van der Waals surface area contributed by atoms with E-state index in [0.29, 0.717) is 23.5 Å². The molecule has 0 spiro atoms. The first-order chi connectivity index (χ1) is 20.3. The summed E-state index contributed by atoms with van der Waals surface area (Å²) in [7, 11) is -2.87. The summed E-state index contributed by atoms with van der Waals surface area (Å²) in [6.45, 7) is 7.83. The quantitative estimate of drug-likeness (QED) is 0.0855. The first-order valence-corrected chi connectivity index (χ1v) is 17.9. The van der Waals surface area contributed by atoms with Gasteiger partial charge < -0.3 is 19.5 Å². The molecule has 4 aromatic carbocycles. The highest BCUT2D eigenvalue weighted by molar-refractivity contribution is 6.76. The van der Waals surface area contributed by atoms with Crippen LogP contribution in [0, 0.1) is 0 Å². The fourth-order valence-corrected chi connectivity index (χ4v) is 5.92. The van der Waals surface area contributed by atoms with Crippen LogP contribution in [0.2, 0.25) is 25.7 Å². The minimum Gasteiger partial charge on any atom is -0.468 e. The number of hydrogen-bond acceptors (Lipinski definition) is 5. The van der Waals surface area contributed by atoms with Gasteiger partial charge in [-0.1, -0.05) is 111 Å². The Morgan fingerprint density at radius 2 is 1.24 bits per heavy atom. The summed E-state index contributed by atoms with van der Waals surface area (Å²) in [5.74, 6) is 0.671. The zero-order valence-corrected chi connectivity index (χ0v) is 25.4. The van der Waals surface area contributed by atoms with E-state index in [1.165, 1.54) is 0 Å². The van der Waals surface area contributed by atoms with Gasteiger partial charge in [0.25, 0.3) is 0 Å². The Bertz CT molecular complexity index is 1460. The average Bonchev–Trinajstić information content (AvgIpc) is 3.45. The molecule has 1 heterocycles. The molecule has 5 aromatic rings. The molecule has 0 aliphatic carbocycles. The first kappa shape index (κ1) is 29.5. The maximum absolute atomic E-state index is 10.5. The molecule has 5 rings (SSSR count). The third-order valence-electron chi connectivity index (χ3n) is 7.37. The largest absolute Gasteiger partial charge is 0.492 e. The molecular weight excluding hydrogens is 539 g/mol. The molecule has 0 amide bonds. The lowest BCUT2D eigenvalue weighted by atomic mass is 9.76. The van der Waals surface area contributed by atoms with Gasteiger partial charge in [0.1, 0.15) is 11.3 Å². The Hall–Kier alpha value is -3.95. The second-order valence-corrected chi connectivity index (χ2v) is 17.2. The molecule has 6 nitrogen and oxygen atoms in total. The molecule has 0 unspecified atom stereocenters. The van der Waals surface area contributed by atoms with E-state index in [1.807, 2.05) is 83.5 Å². The zero-order valence-electron chi connectivity index (χ0n) is 24.4. The smallest absolute Gasteiger partial charge is 0.468 e. The highest BCUT2D eigenvalue weighted by Crippen LogP contribution is 2.40. The van der Waals surface area contributed by atoms with Crippen LogP contribution in [0.15, 0.2) is 121 Å². The van der Waals surface area contributed by atoms with E-state index in [1.54, 1.807) is 6.20 Å². The van der Waals surface area contributed by atoms with Crippen LogP contribution in [0.1, 0.15) is 16.7 Å². The molecule has 0 aliphatic heterocycles. The third-order valence-corrected chi connectivity index (χ3v) is 9.08. The predicted molar refractivity (Wildman–Crippen MR) is 172 cm³/mol. The number of aromatic nitrogens is 2. The van der Waals surface area contributed by atoms with Gasteiger partial charge in [-0.05, 0) is 47.0 Å². The predicted octanol–water partition coefficient (Wildman–Crippen LogP) is 5.76. The van der Waals surface area contributed by atoms with Crippen LogP contribution in [0.4, 0.5) is 0 Å². The van der Waals surface area contributed by atoms with Crippen molar-refractivity contribution in [1.29, 1.82) is 0 Å². The van der Waals surface area contributed by atoms with Crippen LogP contribution in [0.25, 0.3) is 11.3 Å². The molecular formula is C34H37BN2O4Si. The number of nitrogens with zero attached hydrogens (tertiary/aromatic N) is 2. The van der Waals surface area contributed by atoms with Gasteiger partial charge in [0.15, 0.2) is 6.79 Å². The van der Waals surface area contributed by atoms with E-state index in [4.69, 9.17) is 14.6 Å². The van der Waals surface area contributed by atoms with E-state index < -0.39 is 20.7 Å². The SMILES string of the molecule is C[Si](C)(C)CCOCOc1ccc(-c2nn(C(c3ccccc3)(c3ccccc3)c3ccccc3)cc2B(O)O)cc1. The molecule has 214 valence electrons. The monoisotopic (exact) mass is 576 g/mol. The van der Waals surface area contributed by atoms with Crippen molar-refractivity contribution in [2.75, 3.05) is 13.4 Å². The molecule has 0 aliphatic rings. The third kappa shape index (κ3) is 6.42. The van der Waals surface area contributed by atoms with Crippen molar-refractivity contribution in [3.05, 3.63) is 138 Å². The second kappa shape index (κ2) is 12.9. The molecule has 0 fully saturated rings. The Labute approximate surface area is 249 Å². The van der Waals surface area contributed by atoms with Gasteiger partial charge in [-0.3, -0.25) is 4.68 Å². The first-order valence-electron chi connectivity index (χ1n) is 14.2. The molecule has 0 saturated carbocycles. The van der Waals surface area contributed by atoms with Crippen molar-refractivity contribution in [3.8, 4) is 17.0 Å². The van der Waals surface area contributed by atoms with Crippen molar-refractivity contribution in [2.24, 2.45) is 0 Å². The molecule has 0 saturated heterocycles. The maximum Gasteiger partial charge on any atom is 0.492 e. The summed E-state index contributed by atoms with van der Waals surface area (Å²) >= 11 is 0. The molecule has 0 bridgehead atoms. The van der Waals surface area contributed by atoms with Gasteiger partial charge in [0.05, 0.1) is 5.69 Å². The molecule has 8 heteroatoms. The van der Waals surface area contributed by atoms with Gasteiger partial charge in [-0.2, -0.15) is 5.10 Å². The van der Waals surface area contributed by atoms with Crippen LogP contribution < -0.4 is 10.2 Å². The Balaban J connectivity index is 1.56. The normalized spacial score (nSPS) is 11.8. The summed E-state index contributed by atoms with van der Waals surface area (Å²) in [5, 5.41) is 26.1. The van der Waals surface area contributed by atoms with Crippen molar-refractivity contribution in [3.63, 3.8) is 0 Å². The van der Waals surface area contributed by atoms with E-state index in [2.05, 4.69) is 56.0 Å². The van der Waals surface area contributed by atoms with Crippen LogP contribution in [-0.2, 0) is 10.3 Å². The van der Waals surface area contributed by atoms with E-state index in [0.717, 1.165) is 28.3 Å².